The summed E-state index contributed by atoms with van der Waals surface area (Å²) in [7, 11) is 0. The highest BCUT2D eigenvalue weighted by Gasteiger charge is 2.20. The summed E-state index contributed by atoms with van der Waals surface area (Å²) in [6, 6.07) is 16.6. The molecule has 1 atom stereocenters. The summed E-state index contributed by atoms with van der Waals surface area (Å²) in [4.78, 5) is 5.92. The zero-order valence-corrected chi connectivity index (χ0v) is 15.3. The molecule has 1 saturated heterocycles. The third kappa shape index (κ3) is 3.94. The van der Waals surface area contributed by atoms with Crippen LogP contribution in [0.2, 0.25) is 0 Å². The molecule has 2 N–H and O–H groups in total. The Labute approximate surface area is 155 Å². The molecule has 0 aliphatic carbocycles. The number of unbranched alkanes of at least 4 members (excludes halogenated alkanes) is 1. The minimum absolute atomic E-state index is 0.323. The van der Waals surface area contributed by atoms with Crippen molar-refractivity contribution in [2.45, 2.75) is 38.0 Å². The Morgan fingerprint density at radius 3 is 2.85 bits per heavy atom. The lowest BCUT2D eigenvalue weighted by atomic mass is 9.90. The van der Waals surface area contributed by atoms with Gasteiger partial charge in [0, 0.05) is 29.7 Å². The van der Waals surface area contributed by atoms with Gasteiger partial charge in [-0.25, -0.2) is 0 Å². The number of aromatic nitrogens is 1. The van der Waals surface area contributed by atoms with E-state index in [1.165, 1.54) is 61.8 Å². The number of hydrogen-bond acceptors (Lipinski definition) is 2. The van der Waals surface area contributed by atoms with E-state index >= 15 is 0 Å². The monoisotopic (exact) mass is 348 g/mol. The first-order valence-corrected chi connectivity index (χ1v) is 9.86. The smallest absolute Gasteiger partial charge is 0.117 e. The molecule has 0 radical (unpaired) electrons. The molecule has 26 heavy (non-hydrogen) atoms. The Balaban J connectivity index is 1.26. The van der Waals surface area contributed by atoms with Crippen molar-refractivity contribution in [2.24, 2.45) is 0 Å². The van der Waals surface area contributed by atoms with Crippen molar-refractivity contribution in [3.63, 3.8) is 0 Å². The molecule has 136 valence electrons. The van der Waals surface area contributed by atoms with Crippen LogP contribution in [0, 0.1) is 0 Å². The van der Waals surface area contributed by atoms with Crippen LogP contribution in [0.4, 0.5) is 0 Å². The van der Waals surface area contributed by atoms with E-state index < -0.39 is 0 Å². The number of aromatic amines is 1. The summed E-state index contributed by atoms with van der Waals surface area (Å²) in [5.41, 5.74) is 3.89. The molecular weight excluding hydrogens is 320 g/mol. The van der Waals surface area contributed by atoms with Crippen LogP contribution in [0.1, 0.15) is 42.7 Å². The Bertz CT molecular complexity index is 840. The fourth-order valence-corrected chi connectivity index (χ4v) is 4.29. The average Bonchev–Trinajstić information content (AvgIpc) is 3.08. The molecule has 1 aromatic heterocycles. The quantitative estimate of drug-likeness (QED) is 0.610. The Hall–Kier alpha value is -2.26. The van der Waals surface area contributed by atoms with E-state index in [1.807, 2.05) is 6.07 Å². The maximum atomic E-state index is 9.58. The molecule has 3 aromatic rings. The molecule has 3 heteroatoms. The van der Waals surface area contributed by atoms with Crippen molar-refractivity contribution < 1.29 is 5.11 Å². The fourth-order valence-electron chi connectivity index (χ4n) is 4.29. The molecule has 0 amide bonds. The van der Waals surface area contributed by atoms with E-state index in [4.69, 9.17) is 0 Å². The van der Waals surface area contributed by atoms with Gasteiger partial charge >= 0.3 is 0 Å². The van der Waals surface area contributed by atoms with Gasteiger partial charge in [0.25, 0.3) is 0 Å². The van der Waals surface area contributed by atoms with Crippen molar-refractivity contribution in [3.05, 3.63) is 65.9 Å². The normalized spacial score (nSPS) is 18.4. The highest BCUT2D eigenvalue weighted by Crippen LogP contribution is 2.27. The van der Waals surface area contributed by atoms with Gasteiger partial charge in [-0.1, -0.05) is 30.3 Å². The Kier molecular flexibility index (Phi) is 5.26. The lowest BCUT2D eigenvalue weighted by molar-refractivity contribution is 0.204. The van der Waals surface area contributed by atoms with Crippen molar-refractivity contribution in [3.8, 4) is 5.75 Å². The van der Waals surface area contributed by atoms with E-state index in [2.05, 4.69) is 46.4 Å². The van der Waals surface area contributed by atoms with Gasteiger partial charge in [-0.2, -0.15) is 0 Å². The molecular formula is C23H28N2O. The molecule has 2 heterocycles. The van der Waals surface area contributed by atoms with Gasteiger partial charge in [0.1, 0.15) is 5.75 Å². The number of phenolic OH excluding ortho intramolecular Hbond substituents is 1. The third-order valence-corrected chi connectivity index (χ3v) is 5.70. The van der Waals surface area contributed by atoms with Crippen LogP contribution in [0.3, 0.4) is 0 Å². The first-order valence-electron chi connectivity index (χ1n) is 9.86. The Morgan fingerprint density at radius 2 is 1.96 bits per heavy atom. The molecule has 1 fully saturated rings. The van der Waals surface area contributed by atoms with Crippen LogP contribution >= 0.6 is 0 Å². The zero-order valence-electron chi connectivity index (χ0n) is 15.3. The molecule has 3 nitrogen and oxygen atoms in total. The number of H-pyrrole nitrogens is 1. The number of fused-ring (bicyclic) bond motifs is 1. The van der Waals surface area contributed by atoms with Crippen LogP contribution in [0.25, 0.3) is 10.9 Å². The number of phenols is 1. The number of aryl methyl sites for hydroxylation is 1. The first kappa shape index (κ1) is 17.2. The minimum Gasteiger partial charge on any atom is -0.508 e. The van der Waals surface area contributed by atoms with Gasteiger partial charge < -0.3 is 15.0 Å². The standard InChI is InChI=1S/C23H28N2O/c26-21-11-12-22-19(16-24-23(22)15-21)9-4-5-13-25-14-6-10-20(17-25)18-7-2-1-3-8-18/h1-3,7-8,11-12,15-16,20,24,26H,4-6,9-10,13-14,17H2. The summed E-state index contributed by atoms with van der Waals surface area (Å²) in [6.07, 6.45) is 8.28. The number of nitrogens with zero attached hydrogens (tertiary/aromatic N) is 1. The van der Waals surface area contributed by atoms with Gasteiger partial charge in [-0.05, 0) is 74.4 Å². The van der Waals surface area contributed by atoms with Crippen LogP contribution in [-0.4, -0.2) is 34.6 Å². The van der Waals surface area contributed by atoms with Crippen LogP contribution in [0.5, 0.6) is 5.75 Å². The molecule has 4 rings (SSSR count). The minimum atomic E-state index is 0.323. The summed E-state index contributed by atoms with van der Waals surface area (Å²) < 4.78 is 0. The zero-order chi connectivity index (χ0) is 17.8. The molecule has 1 aliphatic heterocycles. The lowest BCUT2D eigenvalue weighted by Gasteiger charge is -2.33. The molecule has 0 spiro atoms. The maximum Gasteiger partial charge on any atom is 0.117 e. The maximum absolute atomic E-state index is 9.58. The second kappa shape index (κ2) is 7.96. The Morgan fingerprint density at radius 1 is 1.08 bits per heavy atom. The number of hydrogen-bond donors (Lipinski definition) is 2. The van der Waals surface area contributed by atoms with Gasteiger partial charge in [0.05, 0.1) is 0 Å². The average molecular weight is 348 g/mol. The second-order valence-corrected chi connectivity index (χ2v) is 7.55. The number of aromatic hydroxyl groups is 1. The molecule has 1 aliphatic rings. The number of piperidine rings is 1. The van der Waals surface area contributed by atoms with Gasteiger partial charge in [-0.15, -0.1) is 0 Å². The topological polar surface area (TPSA) is 39.3 Å². The van der Waals surface area contributed by atoms with Gasteiger partial charge in [0.15, 0.2) is 0 Å². The van der Waals surface area contributed by atoms with Crippen LogP contribution in [-0.2, 0) is 6.42 Å². The van der Waals surface area contributed by atoms with Crippen molar-refractivity contribution >= 4 is 10.9 Å². The molecule has 0 bridgehead atoms. The van der Waals surface area contributed by atoms with Gasteiger partial charge in [0.2, 0.25) is 0 Å². The van der Waals surface area contributed by atoms with E-state index in [0.29, 0.717) is 11.7 Å². The molecule has 0 saturated carbocycles. The van der Waals surface area contributed by atoms with Crippen molar-refractivity contribution in [2.75, 3.05) is 19.6 Å². The van der Waals surface area contributed by atoms with Gasteiger partial charge in [-0.3, -0.25) is 0 Å². The SMILES string of the molecule is Oc1ccc2c(CCCCN3CCCC(c4ccccc4)C3)c[nH]c2c1. The summed E-state index contributed by atoms with van der Waals surface area (Å²) in [6.45, 7) is 3.65. The van der Waals surface area contributed by atoms with Crippen molar-refractivity contribution in [1.29, 1.82) is 0 Å². The second-order valence-electron chi connectivity index (χ2n) is 7.55. The number of rotatable bonds is 6. The first-order chi connectivity index (χ1) is 12.8. The van der Waals surface area contributed by atoms with E-state index in [0.717, 1.165) is 11.9 Å². The summed E-state index contributed by atoms with van der Waals surface area (Å²) >= 11 is 0. The van der Waals surface area contributed by atoms with Crippen LogP contribution in [0.15, 0.2) is 54.7 Å². The number of likely N-dealkylation sites (tertiary alicyclic amines) is 1. The predicted molar refractivity (Wildman–Crippen MR) is 108 cm³/mol. The largest absolute Gasteiger partial charge is 0.508 e. The van der Waals surface area contributed by atoms with E-state index in [1.54, 1.807) is 12.1 Å². The van der Waals surface area contributed by atoms with E-state index in [-0.39, 0.29) is 0 Å². The highest BCUT2D eigenvalue weighted by atomic mass is 16.3. The fraction of sp³-hybridized carbons (Fsp3) is 0.391. The molecule has 2 aromatic carbocycles. The predicted octanol–water partition coefficient (Wildman–Crippen LogP) is 5.08. The van der Waals surface area contributed by atoms with Crippen LogP contribution < -0.4 is 0 Å². The number of nitrogens with one attached hydrogen (secondary N) is 1. The van der Waals surface area contributed by atoms with Crippen molar-refractivity contribution in [1.82, 2.24) is 9.88 Å². The summed E-state index contributed by atoms with van der Waals surface area (Å²) in [5.74, 6) is 1.02. The third-order valence-electron chi connectivity index (χ3n) is 5.70. The molecule has 1 unspecified atom stereocenters. The lowest BCUT2D eigenvalue weighted by Crippen LogP contribution is -2.35. The number of benzene rings is 2. The highest BCUT2D eigenvalue weighted by molar-refractivity contribution is 5.84. The summed E-state index contributed by atoms with van der Waals surface area (Å²) in [5, 5.41) is 10.8. The van der Waals surface area contributed by atoms with E-state index in [9.17, 15) is 5.11 Å².